The first-order valence-corrected chi connectivity index (χ1v) is 12.1. The summed E-state index contributed by atoms with van der Waals surface area (Å²) in [5, 5.41) is 12.6. The van der Waals surface area contributed by atoms with Crippen molar-refractivity contribution in [2.75, 3.05) is 19.8 Å². The Morgan fingerprint density at radius 3 is 2.69 bits per heavy atom. The molecule has 4 rings (SSSR count). The summed E-state index contributed by atoms with van der Waals surface area (Å²) < 4.78 is 38.2. The van der Waals surface area contributed by atoms with Crippen LogP contribution in [-0.4, -0.2) is 42.3 Å². The molecule has 3 aromatic carbocycles. The number of hydrogen-bond donors (Lipinski definition) is 3. The van der Waals surface area contributed by atoms with Crippen LogP contribution in [0, 0.1) is 11.6 Å². The van der Waals surface area contributed by atoms with Crippen molar-refractivity contribution in [2.24, 2.45) is 10.1 Å². The summed E-state index contributed by atoms with van der Waals surface area (Å²) in [6.45, 7) is 0.341. The number of nitrogens with one attached hydrogen (secondary N) is 2. The number of carbonyl (C=O) groups is 1. The van der Waals surface area contributed by atoms with Crippen LogP contribution in [0.2, 0.25) is 0 Å². The number of hydrogen-bond acceptors (Lipinski definition) is 7. The molecule has 0 unspecified atom stereocenters. The number of ether oxygens (including phenoxy) is 2. The quantitative estimate of drug-likeness (QED) is 0.104. The average molecular weight is 537 g/mol. The lowest BCUT2D eigenvalue weighted by Crippen LogP contribution is -2.52. The van der Waals surface area contributed by atoms with Crippen molar-refractivity contribution in [3.05, 3.63) is 105 Å². The highest BCUT2D eigenvalue weighted by atomic mass is 19.2. The Labute approximate surface area is 222 Å². The standard InChI is InChI=1S/C27H26F2N6O4/c28-22-11-6-18(14-23(22)29)16-31-34-26(37)27(15-20-4-1-2-5-24(20)33-35-30)17-39-25(32-27)19-7-9-21(10-8-19)38-13-3-12-36/h1-2,4-11,14,31,36H,3,12-13,15-17H2,(H,34,37)/t27-/m0/s1. The van der Waals surface area contributed by atoms with Crippen molar-refractivity contribution in [3.63, 3.8) is 0 Å². The molecule has 0 aliphatic carbocycles. The molecule has 1 aliphatic rings. The maximum atomic E-state index is 13.5. The number of aliphatic imine (C=N–C) groups is 1. The van der Waals surface area contributed by atoms with Crippen molar-refractivity contribution in [1.29, 1.82) is 0 Å². The van der Waals surface area contributed by atoms with E-state index < -0.39 is 23.1 Å². The number of halogens is 2. The van der Waals surface area contributed by atoms with Crippen molar-refractivity contribution < 1.29 is 28.2 Å². The van der Waals surface area contributed by atoms with Gasteiger partial charge in [-0.15, -0.1) is 0 Å². The van der Waals surface area contributed by atoms with E-state index in [4.69, 9.17) is 20.1 Å². The van der Waals surface area contributed by atoms with Gasteiger partial charge in [0.05, 0.1) is 6.61 Å². The molecule has 3 N–H and O–H groups in total. The zero-order valence-electron chi connectivity index (χ0n) is 20.8. The van der Waals surface area contributed by atoms with Crippen LogP contribution in [0.5, 0.6) is 5.75 Å². The molecule has 0 aromatic heterocycles. The Morgan fingerprint density at radius 1 is 1.15 bits per heavy atom. The molecular formula is C27H26F2N6O4. The van der Waals surface area contributed by atoms with Gasteiger partial charge in [-0.3, -0.25) is 10.2 Å². The van der Waals surface area contributed by atoms with E-state index in [1.165, 1.54) is 6.07 Å². The Bertz CT molecular complexity index is 1400. The normalized spacial score (nSPS) is 16.1. The second-order valence-corrected chi connectivity index (χ2v) is 8.74. The summed E-state index contributed by atoms with van der Waals surface area (Å²) in [6.07, 6.45) is 0.573. The van der Waals surface area contributed by atoms with Crippen molar-refractivity contribution >= 4 is 17.5 Å². The van der Waals surface area contributed by atoms with Gasteiger partial charge in [0.25, 0.3) is 5.91 Å². The Morgan fingerprint density at radius 2 is 1.95 bits per heavy atom. The molecule has 1 atom stereocenters. The van der Waals surface area contributed by atoms with Crippen LogP contribution in [0.25, 0.3) is 10.4 Å². The van der Waals surface area contributed by atoms with E-state index in [9.17, 15) is 13.6 Å². The van der Waals surface area contributed by atoms with Gasteiger partial charge in [0.1, 0.15) is 12.4 Å². The minimum atomic E-state index is -1.42. The van der Waals surface area contributed by atoms with Crippen LogP contribution in [-0.2, 0) is 22.5 Å². The highest BCUT2D eigenvalue weighted by molar-refractivity contribution is 6.00. The zero-order valence-corrected chi connectivity index (χ0v) is 20.8. The highest BCUT2D eigenvalue weighted by Crippen LogP contribution is 2.31. The van der Waals surface area contributed by atoms with Crippen molar-refractivity contribution in [2.45, 2.75) is 24.9 Å². The van der Waals surface area contributed by atoms with Crippen LogP contribution in [0.3, 0.4) is 0 Å². The fourth-order valence-corrected chi connectivity index (χ4v) is 3.94. The first-order chi connectivity index (χ1) is 18.9. The third kappa shape index (κ3) is 6.88. The average Bonchev–Trinajstić information content (AvgIpc) is 3.38. The van der Waals surface area contributed by atoms with Gasteiger partial charge < -0.3 is 14.6 Å². The van der Waals surface area contributed by atoms with Gasteiger partial charge in [-0.25, -0.2) is 19.2 Å². The maximum absolute atomic E-state index is 13.5. The molecule has 0 radical (unpaired) electrons. The Hall–Kier alpha value is -4.51. The molecule has 202 valence electrons. The molecule has 0 saturated carbocycles. The van der Waals surface area contributed by atoms with Gasteiger partial charge in [0.2, 0.25) is 5.90 Å². The summed E-state index contributed by atoms with van der Waals surface area (Å²) in [4.78, 5) is 21.0. The third-order valence-corrected chi connectivity index (χ3v) is 5.96. The number of azide groups is 1. The SMILES string of the molecule is [N-]=[N+]=Nc1ccccc1C[C@@]1(C(=O)NNCc2ccc(F)c(F)c2)COC(c2ccc(OCCCO)cc2)=N1. The molecule has 1 heterocycles. The molecule has 0 saturated heterocycles. The summed E-state index contributed by atoms with van der Waals surface area (Å²) in [5.74, 6) is -1.63. The predicted molar refractivity (Wildman–Crippen MR) is 139 cm³/mol. The fraction of sp³-hybridized carbons (Fsp3) is 0.259. The van der Waals surface area contributed by atoms with Gasteiger partial charge in [-0.2, -0.15) is 0 Å². The number of rotatable bonds is 12. The molecule has 1 amide bonds. The first-order valence-electron chi connectivity index (χ1n) is 12.1. The van der Waals surface area contributed by atoms with E-state index in [-0.39, 0.29) is 32.1 Å². The van der Waals surface area contributed by atoms with Crippen LogP contribution in [0.15, 0.2) is 76.8 Å². The fourth-order valence-electron chi connectivity index (χ4n) is 3.94. The molecular weight excluding hydrogens is 510 g/mol. The lowest BCUT2D eigenvalue weighted by atomic mass is 9.91. The van der Waals surface area contributed by atoms with E-state index >= 15 is 0 Å². The molecule has 10 nitrogen and oxygen atoms in total. The molecule has 12 heteroatoms. The molecule has 0 spiro atoms. The van der Waals surface area contributed by atoms with E-state index in [0.717, 1.165) is 12.1 Å². The largest absolute Gasteiger partial charge is 0.494 e. The van der Waals surface area contributed by atoms with Crippen LogP contribution in [0.1, 0.15) is 23.1 Å². The predicted octanol–water partition coefficient (Wildman–Crippen LogP) is 4.25. The number of nitrogens with zero attached hydrogens (tertiary/aromatic N) is 4. The van der Waals surface area contributed by atoms with Crippen LogP contribution >= 0.6 is 0 Å². The number of aliphatic hydroxyl groups excluding tert-OH is 1. The highest BCUT2D eigenvalue weighted by Gasteiger charge is 2.45. The van der Waals surface area contributed by atoms with E-state index in [2.05, 4.69) is 25.9 Å². The Balaban J connectivity index is 1.56. The number of hydrazine groups is 1. The number of amides is 1. The molecule has 39 heavy (non-hydrogen) atoms. The minimum absolute atomic E-state index is 0.0313. The van der Waals surface area contributed by atoms with Crippen LogP contribution in [0.4, 0.5) is 14.5 Å². The second-order valence-electron chi connectivity index (χ2n) is 8.74. The van der Waals surface area contributed by atoms with Gasteiger partial charge in [-0.1, -0.05) is 35.4 Å². The van der Waals surface area contributed by atoms with E-state index in [1.807, 2.05) is 0 Å². The van der Waals surface area contributed by atoms with Crippen molar-refractivity contribution in [3.8, 4) is 5.75 Å². The van der Waals surface area contributed by atoms with Gasteiger partial charge in [0, 0.05) is 42.2 Å². The zero-order chi connectivity index (χ0) is 27.7. The first kappa shape index (κ1) is 27.5. The van der Waals surface area contributed by atoms with E-state index in [1.54, 1.807) is 48.5 Å². The molecule has 0 bridgehead atoms. The topological polar surface area (TPSA) is 141 Å². The third-order valence-electron chi connectivity index (χ3n) is 5.96. The van der Waals surface area contributed by atoms with Crippen molar-refractivity contribution in [1.82, 2.24) is 10.9 Å². The lowest BCUT2D eigenvalue weighted by Gasteiger charge is -2.24. The summed E-state index contributed by atoms with van der Waals surface area (Å²) >= 11 is 0. The summed E-state index contributed by atoms with van der Waals surface area (Å²) in [5.41, 5.74) is 14.9. The van der Waals surface area contributed by atoms with Gasteiger partial charge >= 0.3 is 0 Å². The van der Waals surface area contributed by atoms with E-state index in [0.29, 0.717) is 41.2 Å². The van der Waals surface area contributed by atoms with Crippen LogP contribution < -0.4 is 15.6 Å². The lowest BCUT2D eigenvalue weighted by molar-refractivity contribution is -0.127. The van der Waals surface area contributed by atoms with Gasteiger partial charge in [0.15, 0.2) is 17.2 Å². The molecule has 1 aliphatic heterocycles. The monoisotopic (exact) mass is 536 g/mol. The maximum Gasteiger partial charge on any atom is 0.266 e. The summed E-state index contributed by atoms with van der Waals surface area (Å²) in [7, 11) is 0. The summed E-state index contributed by atoms with van der Waals surface area (Å²) in [6, 6.07) is 17.2. The number of aliphatic hydroxyl groups is 1. The number of carbonyl (C=O) groups excluding carboxylic acids is 1. The second kappa shape index (κ2) is 12.8. The number of benzene rings is 3. The molecule has 0 fully saturated rings. The minimum Gasteiger partial charge on any atom is -0.494 e. The Kier molecular flexibility index (Phi) is 9.06. The smallest absolute Gasteiger partial charge is 0.266 e. The van der Waals surface area contributed by atoms with Gasteiger partial charge in [-0.05, 0) is 53.1 Å². The molecule has 3 aromatic rings.